The Balaban J connectivity index is 2.36. The zero-order valence-electron chi connectivity index (χ0n) is 10.4. The van der Waals surface area contributed by atoms with Crippen molar-refractivity contribution in [2.45, 2.75) is 58.8 Å². The quantitative estimate of drug-likeness (QED) is 0.628. The smallest absolute Gasteiger partial charge is 0.144 e. The molecule has 1 aromatic heterocycles. The minimum Gasteiger partial charge on any atom is -0.258 e. The van der Waals surface area contributed by atoms with E-state index in [0.717, 1.165) is 24.8 Å². The number of pyridine rings is 1. The summed E-state index contributed by atoms with van der Waals surface area (Å²) in [5.41, 5.74) is 1.61. The van der Waals surface area contributed by atoms with Crippen LogP contribution in [0.5, 0.6) is 0 Å². The molecule has 0 aromatic carbocycles. The van der Waals surface area contributed by atoms with Crippen LogP contribution in [0.3, 0.4) is 0 Å². The number of hydrogen-bond acceptors (Lipinski definition) is 1. The third-order valence-electron chi connectivity index (χ3n) is 2.90. The maximum absolute atomic E-state index is 13.5. The van der Waals surface area contributed by atoms with Gasteiger partial charge in [-0.05, 0) is 30.9 Å². The lowest BCUT2D eigenvalue weighted by molar-refractivity contribution is 0.574. The molecule has 0 unspecified atom stereocenters. The minimum absolute atomic E-state index is 0.130. The molecule has 0 radical (unpaired) electrons. The molecule has 1 rings (SSSR count). The highest BCUT2D eigenvalue weighted by molar-refractivity contribution is 5.16. The van der Waals surface area contributed by atoms with Crippen LogP contribution in [0.25, 0.3) is 0 Å². The Morgan fingerprint density at radius 3 is 2.50 bits per heavy atom. The van der Waals surface area contributed by atoms with Gasteiger partial charge in [0.05, 0.1) is 5.69 Å². The molecule has 0 N–H and O–H groups in total. The molecule has 16 heavy (non-hydrogen) atoms. The average molecular weight is 223 g/mol. The molecule has 0 aliphatic heterocycles. The molecule has 0 spiro atoms. The van der Waals surface area contributed by atoms with Gasteiger partial charge in [-0.2, -0.15) is 0 Å². The Labute approximate surface area is 98.1 Å². The zero-order valence-corrected chi connectivity index (χ0v) is 10.4. The van der Waals surface area contributed by atoms with Gasteiger partial charge in [0.1, 0.15) is 5.82 Å². The molecule has 0 fully saturated rings. The minimum atomic E-state index is -0.130. The molecular weight excluding hydrogens is 201 g/mol. The van der Waals surface area contributed by atoms with Gasteiger partial charge in [0.25, 0.3) is 0 Å². The first kappa shape index (κ1) is 13.1. The first-order valence-electron chi connectivity index (χ1n) is 6.41. The van der Waals surface area contributed by atoms with E-state index in [2.05, 4.69) is 11.9 Å². The Morgan fingerprint density at radius 1 is 1.12 bits per heavy atom. The lowest BCUT2D eigenvalue weighted by Gasteiger charge is -2.04. The topological polar surface area (TPSA) is 12.9 Å². The van der Waals surface area contributed by atoms with E-state index >= 15 is 0 Å². The van der Waals surface area contributed by atoms with Gasteiger partial charge in [0.2, 0.25) is 0 Å². The number of hydrogen-bond donors (Lipinski definition) is 0. The summed E-state index contributed by atoms with van der Waals surface area (Å²) in [6.07, 6.45) is 9.44. The van der Waals surface area contributed by atoms with Crippen LogP contribution in [-0.4, -0.2) is 4.98 Å². The second-order valence-corrected chi connectivity index (χ2v) is 4.29. The standard InChI is InChI=1S/C14H22FN/c1-3-5-6-7-8-9-14-13(15)10-12(4-2)11-16-14/h10-11H,3-9H2,1-2H3. The van der Waals surface area contributed by atoms with Gasteiger partial charge in [-0.25, -0.2) is 4.39 Å². The predicted octanol–water partition coefficient (Wildman–Crippen LogP) is 4.30. The van der Waals surface area contributed by atoms with Crippen LogP contribution in [0.1, 0.15) is 57.2 Å². The van der Waals surface area contributed by atoms with Crippen LogP contribution < -0.4 is 0 Å². The van der Waals surface area contributed by atoms with E-state index in [-0.39, 0.29) is 5.82 Å². The fraction of sp³-hybridized carbons (Fsp3) is 0.643. The molecule has 1 heterocycles. The van der Waals surface area contributed by atoms with Crippen molar-refractivity contribution in [1.82, 2.24) is 4.98 Å². The number of aromatic nitrogens is 1. The van der Waals surface area contributed by atoms with Crippen molar-refractivity contribution in [1.29, 1.82) is 0 Å². The summed E-state index contributed by atoms with van der Waals surface area (Å²) < 4.78 is 13.5. The van der Waals surface area contributed by atoms with Crippen LogP contribution >= 0.6 is 0 Å². The second-order valence-electron chi connectivity index (χ2n) is 4.29. The fourth-order valence-electron chi connectivity index (χ4n) is 1.78. The highest BCUT2D eigenvalue weighted by Gasteiger charge is 2.04. The molecule has 2 heteroatoms. The van der Waals surface area contributed by atoms with Crippen molar-refractivity contribution in [3.8, 4) is 0 Å². The largest absolute Gasteiger partial charge is 0.258 e. The van der Waals surface area contributed by atoms with Crippen LogP contribution in [0.15, 0.2) is 12.3 Å². The SMILES string of the molecule is CCCCCCCc1ncc(CC)cc1F. The molecule has 1 nitrogen and oxygen atoms in total. The number of aryl methyl sites for hydroxylation is 2. The first-order valence-corrected chi connectivity index (χ1v) is 6.41. The third kappa shape index (κ3) is 4.30. The predicted molar refractivity (Wildman–Crippen MR) is 66.0 cm³/mol. The van der Waals surface area contributed by atoms with Gasteiger partial charge in [0, 0.05) is 6.20 Å². The molecule has 0 saturated carbocycles. The molecule has 0 amide bonds. The number of nitrogens with zero attached hydrogens (tertiary/aromatic N) is 1. The maximum atomic E-state index is 13.5. The van der Waals surface area contributed by atoms with Crippen LogP contribution in [0.2, 0.25) is 0 Å². The van der Waals surface area contributed by atoms with Gasteiger partial charge in [0.15, 0.2) is 0 Å². The molecule has 0 saturated heterocycles. The van der Waals surface area contributed by atoms with Crippen LogP contribution in [-0.2, 0) is 12.8 Å². The van der Waals surface area contributed by atoms with Crippen LogP contribution in [0, 0.1) is 5.82 Å². The number of rotatable bonds is 7. The lowest BCUT2D eigenvalue weighted by atomic mass is 10.1. The van der Waals surface area contributed by atoms with Gasteiger partial charge >= 0.3 is 0 Å². The highest BCUT2D eigenvalue weighted by atomic mass is 19.1. The molecular formula is C14H22FN. The summed E-state index contributed by atoms with van der Waals surface area (Å²) in [6, 6.07) is 1.62. The van der Waals surface area contributed by atoms with Crippen molar-refractivity contribution in [3.63, 3.8) is 0 Å². The number of halogens is 1. The average Bonchev–Trinajstić information content (AvgIpc) is 2.30. The van der Waals surface area contributed by atoms with E-state index in [0.29, 0.717) is 5.69 Å². The van der Waals surface area contributed by atoms with E-state index in [9.17, 15) is 4.39 Å². The zero-order chi connectivity index (χ0) is 11.8. The van der Waals surface area contributed by atoms with Crippen molar-refractivity contribution >= 4 is 0 Å². The van der Waals surface area contributed by atoms with Gasteiger partial charge in [-0.1, -0.05) is 39.5 Å². The number of unbranched alkanes of at least 4 members (excludes halogenated alkanes) is 4. The Hall–Kier alpha value is -0.920. The normalized spacial score (nSPS) is 10.7. The Kier molecular flexibility index (Phi) is 6.05. The van der Waals surface area contributed by atoms with Gasteiger partial charge < -0.3 is 0 Å². The Morgan fingerprint density at radius 2 is 1.88 bits per heavy atom. The molecule has 0 aliphatic carbocycles. The van der Waals surface area contributed by atoms with Crippen molar-refractivity contribution < 1.29 is 4.39 Å². The molecule has 0 atom stereocenters. The maximum Gasteiger partial charge on any atom is 0.144 e. The summed E-state index contributed by atoms with van der Waals surface area (Å²) in [5, 5.41) is 0. The van der Waals surface area contributed by atoms with E-state index in [1.54, 1.807) is 12.3 Å². The summed E-state index contributed by atoms with van der Waals surface area (Å²) in [4.78, 5) is 4.19. The van der Waals surface area contributed by atoms with E-state index in [4.69, 9.17) is 0 Å². The summed E-state index contributed by atoms with van der Waals surface area (Å²) in [6.45, 7) is 4.21. The van der Waals surface area contributed by atoms with E-state index in [1.165, 1.54) is 25.7 Å². The van der Waals surface area contributed by atoms with Crippen molar-refractivity contribution in [3.05, 3.63) is 29.3 Å². The Bertz CT molecular complexity index is 310. The molecule has 1 aromatic rings. The summed E-state index contributed by atoms with van der Waals surface area (Å²) in [7, 11) is 0. The molecule has 90 valence electrons. The summed E-state index contributed by atoms with van der Waals surface area (Å²) >= 11 is 0. The first-order chi connectivity index (χ1) is 7.77. The lowest BCUT2D eigenvalue weighted by Crippen LogP contribution is -1.97. The second kappa shape index (κ2) is 7.37. The van der Waals surface area contributed by atoms with Gasteiger partial charge in [-0.15, -0.1) is 0 Å². The van der Waals surface area contributed by atoms with Crippen LogP contribution in [0.4, 0.5) is 4.39 Å². The fourth-order valence-corrected chi connectivity index (χ4v) is 1.78. The summed E-state index contributed by atoms with van der Waals surface area (Å²) in [5.74, 6) is -0.130. The molecule has 0 aliphatic rings. The van der Waals surface area contributed by atoms with Crippen molar-refractivity contribution in [2.75, 3.05) is 0 Å². The van der Waals surface area contributed by atoms with E-state index < -0.39 is 0 Å². The monoisotopic (exact) mass is 223 g/mol. The molecule has 0 bridgehead atoms. The third-order valence-corrected chi connectivity index (χ3v) is 2.90. The van der Waals surface area contributed by atoms with Gasteiger partial charge in [-0.3, -0.25) is 4.98 Å². The van der Waals surface area contributed by atoms with Crippen molar-refractivity contribution in [2.24, 2.45) is 0 Å². The van der Waals surface area contributed by atoms with E-state index in [1.807, 2.05) is 6.92 Å². The highest BCUT2D eigenvalue weighted by Crippen LogP contribution is 2.12.